The summed E-state index contributed by atoms with van der Waals surface area (Å²) in [6.07, 6.45) is 1.39. The van der Waals surface area contributed by atoms with Crippen molar-refractivity contribution in [3.8, 4) is 5.75 Å². The number of aromatic nitrogens is 1. The van der Waals surface area contributed by atoms with E-state index < -0.39 is 17.5 Å². The highest BCUT2D eigenvalue weighted by molar-refractivity contribution is 6.48. The highest BCUT2D eigenvalue weighted by Gasteiger charge is 2.22. The van der Waals surface area contributed by atoms with E-state index in [1.807, 2.05) is 0 Å². The third kappa shape index (κ3) is 3.21. The van der Waals surface area contributed by atoms with Crippen LogP contribution in [0.1, 0.15) is 15.9 Å². The normalized spacial score (nSPS) is 10.7. The van der Waals surface area contributed by atoms with Gasteiger partial charge >= 0.3 is 0 Å². The van der Waals surface area contributed by atoms with Crippen LogP contribution in [0.5, 0.6) is 5.75 Å². The minimum Gasteiger partial charge on any atom is -0.495 e. The summed E-state index contributed by atoms with van der Waals surface area (Å²) >= 11 is 6.03. The Hall–Kier alpha value is -2.86. The van der Waals surface area contributed by atoms with Gasteiger partial charge < -0.3 is 15.0 Å². The average Bonchev–Trinajstić information content (AvgIpc) is 3.00. The number of ether oxygens (including phenoxy) is 1. The molecule has 0 spiro atoms. The molecule has 5 nitrogen and oxygen atoms in total. The molecule has 2 N–H and O–H groups in total. The van der Waals surface area contributed by atoms with E-state index in [0.717, 1.165) is 5.56 Å². The molecule has 3 aromatic rings. The molecule has 3 rings (SSSR count). The Morgan fingerprint density at radius 3 is 2.72 bits per heavy atom. The van der Waals surface area contributed by atoms with E-state index in [-0.39, 0.29) is 5.56 Å². The van der Waals surface area contributed by atoms with Crippen molar-refractivity contribution in [2.75, 3.05) is 12.4 Å². The molecule has 0 aliphatic carbocycles. The molecule has 0 fully saturated rings. The Morgan fingerprint density at radius 1 is 1.24 bits per heavy atom. The second kappa shape index (κ2) is 6.57. The predicted molar refractivity (Wildman–Crippen MR) is 94.0 cm³/mol. The van der Waals surface area contributed by atoms with Gasteiger partial charge in [0.25, 0.3) is 11.7 Å². The van der Waals surface area contributed by atoms with Gasteiger partial charge in [-0.15, -0.1) is 0 Å². The first-order chi connectivity index (χ1) is 11.9. The first kappa shape index (κ1) is 17.0. The topological polar surface area (TPSA) is 71.2 Å². The lowest BCUT2D eigenvalue weighted by atomic mass is 10.1. The molecule has 25 heavy (non-hydrogen) atoms. The maximum Gasteiger partial charge on any atom is 0.296 e. The summed E-state index contributed by atoms with van der Waals surface area (Å²) in [7, 11) is 1.43. The number of methoxy groups -OCH3 is 1. The minimum absolute atomic E-state index is 0.0941. The molecule has 0 aliphatic heterocycles. The zero-order valence-electron chi connectivity index (χ0n) is 13.4. The van der Waals surface area contributed by atoms with E-state index >= 15 is 0 Å². The van der Waals surface area contributed by atoms with E-state index in [9.17, 15) is 14.0 Å². The Kier molecular flexibility index (Phi) is 4.46. The third-order valence-electron chi connectivity index (χ3n) is 3.82. The number of hydrogen-bond donors (Lipinski definition) is 2. The summed E-state index contributed by atoms with van der Waals surface area (Å²) in [5, 5.41) is 3.34. The predicted octanol–water partition coefficient (Wildman–Crippen LogP) is 4.10. The molecule has 1 amide bonds. The maximum atomic E-state index is 13.4. The number of H-pyrrole nitrogens is 1. The Morgan fingerprint density at radius 2 is 2.00 bits per heavy atom. The fraction of sp³-hybridized carbons (Fsp3) is 0.111. The van der Waals surface area contributed by atoms with Crippen LogP contribution in [0.15, 0.2) is 36.5 Å². The molecule has 1 heterocycles. The standard InChI is InChI=1S/C18H14ClFN2O3/c1-9-5-15(16(25-2)7-13(9)19)22-18(24)17(23)12-8-21-14-4-3-10(20)6-11(12)14/h3-8,21H,1-2H3,(H,22,24). The van der Waals surface area contributed by atoms with E-state index in [1.165, 1.54) is 31.5 Å². The third-order valence-corrected chi connectivity index (χ3v) is 4.23. The molecule has 7 heteroatoms. The molecule has 0 bridgehead atoms. The summed E-state index contributed by atoms with van der Waals surface area (Å²) in [5.74, 6) is -1.80. The van der Waals surface area contributed by atoms with Crippen LogP contribution in [0.4, 0.5) is 10.1 Å². The van der Waals surface area contributed by atoms with Gasteiger partial charge in [-0.05, 0) is 36.8 Å². The summed E-state index contributed by atoms with van der Waals surface area (Å²) in [6.45, 7) is 1.77. The number of aryl methyl sites for hydroxylation is 1. The number of benzene rings is 2. The number of Topliss-reactive ketones (excluding diaryl/α,β-unsaturated/α-hetero) is 1. The minimum atomic E-state index is -0.856. The molecular formula is C18H14ClFN2O3. The summed E-state index contributed by atoms with van der Waals surface area (Å²) < 4.78 is 18.6. The Bertz CT molecular complexity index is 997. The zero-order valence-corrected chi connectivity index (χ0v) is 14.2. The van der Waals surface area contributed by atoms with Crippen LogP contribution < -0.4 is 10.1 Å². The number of ketones is 1. The number of aromatic amines is 1. The van der Waals surface area contributed by atoms with E-state index in [4.69, 9.17) is 16.3 Å². The van der Waals surface area contributed by atoms with Gasteiger partial charge in [-0.3, -0.25) is 9.59 Å². The van der Waals surface area contributed by atoms with E-state index in [1.54, 1.807) is 19.1 Å². The molecule has 0 unspecified atom stereocenters. The molecule has 0 saturated carbocycles. The van der Waals surface area contributed by atoms with Crippen molar-refractivity contribution in [3.63, 3.8) is 0 Å². The van der Waals surface area contributed by atoms with Crippen molar-refractivity contribution in [1.29, 1.82) is 0 Å². The molecule has 2 aromatic carbocycles. The number of rotatable bonds is 4. The number of nitrogens with one attached hydrogen (secondary N) is 2. The molecule has 0 radical (unpaired) electrons. The van der Waals surface area contributed by atoms with Crippen LogP contribution >= 0.6 is 11.6 Å². The van der Waals surface area contributed by atoms with Gasteiger partial charge in [-0.1, -0.05) is 11.6 Å². The quantitative estimate of drug-likeness (QED) is 0.543. The number of anilines is 1. The van der Waals surface area contributed by atoms with E-state index in [2.05, 4.69) is 10.3 Å². The highest BCUT2D eigenvalue weighted by atomic mass is 35.5. The van der Waals surface area contributed by atoms with Crippen molar-refractivity contribution in [2.24, 2.45) is 0 Å². The van der Waals surface area contributed by atoms with Crippen molar-refractivity contribution in [2.45, 2.75) is 6.92 Å². The summed E-state index contributed by atoms with van der Waals surface area (Å²) in [6, 6.07) is 7.15. The van der Waals surface area contributed by atoms with Gasteiger partial charge in [0.2, 0.25) is 0 Å². The van der Waals surface area contributed by atoms with Crippen LogP contribution in [-0.4, -0.2) is 23.8 Å². The fourth-order valence-corrected chi connectivity index (χ4v) is 2.67. The van der Waals surface area contributed by atoms with Crippen molar-refractivity contribution < 1.29 is 18.7 Å². The fourth-order valence-electron chi connectivity index (χ4n) is 2.51. The van der Waals surface area contributed by atoms with Gasteiger partial charge in [-0.25, -0.2) is 4.39 Å². The number of carbonyl (C=O) groups excluding carboxylic acids is 2. The lowest BCUT2D eigenvalue weighted by Crippen LogP contribution is -2.23. The molecule has 1 aromatic heterocycles. The van der Waals surface area contributed by atoms with Crippen LogP contribution in [0.2, 0.25) is 5.02 Å². The number of carbonyl (C=O) groups is 2. The van der Waals surface area contributed by atoms with Gasteiger partial charge in [0.15, 0.2) is 0 Å². The number of hydrogen-bond acceptors (Lipinski definition) is 3. The lowest BCUT2D eigenvalue weighted by molar-refractivity contribution is -0.112. The Balaban J connectivity index is 1.92. The first-order valence-corrected chi connectivity index (χ1v) is 7.75. The number of amides is 1. The summed E-state index contributed by atoms with van der Waals surface area (Å²) in [4.78, 5) is 27.7. The van der Waals surface area contributed by atoms with Crippen molar-refractivity contribution in [3.05, 3.63) is 58.5 Å². The smallest absolute Gasteiger partial charge is 0.296 e. The molecular weight excluding hydrogens is 347 g/mol. The molecule has 0 saturated heterocycles. The largest absolute Gasteiger partial charge is 0.495 e. The molecule has 0 atom stereocenters. The molecule has 128 valence electrons. The zero-order chi connectivity index (χ0) is 18.1. The molecule has 0 aliphatic rings. The Labute approximate surface area is 147 Å². The number of halogens is 2. The van der Waals surface area contributed by atoms with Gasteiger partial charge in [0.1, 0.15) is 11.6 Å². The van der Waals surface area contributed by atoms with Crippen LogP contribution in [-0.2, 0) is 4.79 Å². The van der Waals surface area contributed by atoms with E-state index in [0.29, 0.717) is 27.4 Å². The van der Waals surface area contributed by atoms with Crippen LogP contribution in [0.25, 0.3) is 10.9 Å². The van der Waals surface area contributed by atoms with Crippen molar-refractivity contribution >= 4 is 39.9 Å². The van der Waals surface area contributed by atoms with Crippen LogP contribution in [0.3, 0.4) is 0 Å². The second-order valence-electron chi connectivity index (χ2n) is 5.48. The highest BCUT2D eigenvalue weighted by Crippen LogP contribution is 2.31. The lowest BCUT2D eigenvalue weighted by Gasteiger charge is -2.11. The first-order valence-electron chi connectivity index (χ1n) is 7.37. The average molecular weight is 361 g/mol. The number of fused-ring (bicyclic) bond motifs is 1. The second-order valence-corrected chi connectivity index (χ2v) is 5.88. The SMILES string of the molecule is COc1cc(Cl)c(C)cc1NC(=O)C(=O)c1c[nH]c2ccc(F)cc12. The van der Waals surface area contributed by atoms with Crippen LogP contribution in [0, 0.1) is 12.7 Å². The van der Waals surface area contributed by atoms with Crippen molar-refractivity contribution in [1.82, 2.24) is 4.98 Å². The maximum absolute atomic E-state index is 13.4. The van der Waals surface area contributed by atoms with Gasteiger partial charge in [-0.2, -0.15) is 0 Å². The van der Waals surface area contributed by atoms with Gasteiger partial charge in [0, 0.05) is 28.2 Å². The summed E-state index contributed by atoms with van der Waals surface area (Å²) in [5.41, 5.74) is 1.71. The van der Waals surface area contributed by atoms with Gasteiger partial charge in [0.05, 0.1) is 18.4 Å². The monoisotopic (exact) mass is 360 g/mol.